The summed E-state index contributed by atoms with van der Waals surface area (Å²) in [5, 5.41) is 20.2. The molecule has 2 atom stereocenters. The van der Waals surface area contributed by atoms with Gasteiger partial charge in [-0.25, -0.2) is 0 Å². The largest absolute Gasteiger partial charge is 0.394 e. The summed E-state index contributed by atoms with van der Waals surface area (Å²) in [4.78, 5) is 10.7. The van der Waals surface area contributed by atoms with Crippen LogP contribution in [0.3, 0.4) is 0 Å². The maximum Gasteiger partial charge on any atom is 0.231 e. The SMILES string of the molecule is C[C@@H](O)[C@H](CO)NC(=O)CBr. The standard InChI is InChI=1S/C6H12BrNO3/c1-4(10)5(3-9)8-6(11)2-7/h4-5,9-10H,2-3H2,1H3,(H,8,11)/t4-,5+/m1/s1. The minimum atomic E-state index is -0.733. The first-order chi connectivity index (χ1) is 5.11. The molecule has 0 aliphatic heterocycles. The van der Waals surface area contributed by atoms with Crippen LogP contribution in [0.4, 0.5) is 0 Å². The molecular weight excluding hydrogens is 214 g/mol. The molecule has 0 rings (SSSR count). The second kappa shape index (κ2) is 5.51. The Bertz CT molecular complexity index is 129. The van der Waals surface area contributed by atoms with E-state index in [0.717, 1.165) is 0 Å². The maximum absolute atomic E-state index is 10.7. The lowest BCUT2D eigenvalue weighted by atomic mass is 10.2. The van der Waals surface area contributed by atoms with E-state index in [1.54, 1.807) is 0 Å². The lowest BCUT2D eigenvalue weighted by molar-refractivity contribution is -0.120. The Morgan fingerprint density at radius 2 is 2.27 bits per heavy atom. The summed E-state index contributed by atoms with van der Waals surface area (Å²) in [5.41, 5.74) is 0. The van der Waals surface area contributed by atoms with Crippen LogP contribution in [0.25, 0.3) is 0 Å². The molecule has 0 fully saturated rings. The summed E-state index contributed by atoms with van der Waals surface area (Å²) in [6.45, 7) is 1.26. The molecule has 0 bridgehead atoms. The van der Waals surface area contributed by atoms with Crippen molar-refractivity contribution in [3.63, 3.8) is 0 Å². The van der Waals surface area contributed by atoms with Crippen LogP contribution in [-0.4, -0.2) is 40.2 Å². The molecule has 3 N–H and O–H groups in total. The number of rotatable bonds is 4. The van der Waals surface area contributed by atoms with E-state index in [0.29, 0.717) is 0 Å². The summed E-state index contributed by atoms with van der Waals surface area (Å²) in [5.74, 6) is -0.245. The molecule has 4 nitrogen and oxygen atoms in total. The predicted molar refractivity (Wildman–Crippen MR) is 44.5 cm³/mol. The van der Waals surface area contributed by atoms with E-state index in [9.17, 15) is 4.79 Å². The molecule has 0 aliphatic rings. The Morgan fingerprint density at radius 3 is 2.55 bits per heavy atom. The normalized spacial score (nSPS) is 15.6. The van der Waals surface area contributed by atoms with Gasteiger partial charge in [0, 0.05) is 0 Å². The van der Waals surface area contributed by atoms with E-state index in [1.807, 2.05) is 0 Å². The molecule has 0 aromatic rings. The fourth-order valence-electron chi connectivity index (χ4n) is 0.564. The zero-order valence-electron chi connectivity index (χ0n) is 6.25. The lowest BCUT2D eigenvalue weighted by Crippen LogP contribution is -2.45. The molecule has 0 saturated carbocycles. The van der Waals surface area contributed by atoms with Gasteiger partial charge in [0.05, 0.1) is 24.1 Å². The predicted octanol–water partition coefficient (Wildman–Crippen LogP) is -0.761. The van der Waals surface area contributed by atoms with Crippen molar-refractivity contribution >= 4 is 21.8 Å². The van der Waals surface area contributed by atoms with Crippen molar-refractivity contribution < 1.29 is 15.0 Å². The van der Waals surface area contributed by atoms with E-state index in [2.05, 4.69) is 21.2 Å². The first-order valence-electron chi connectivity index (χ1n) is 3.26. The van der Waals surface area contributed by atoms with Crippen LogP contribution in [0.2, 0.25) is 0 Å². The quantitative estimate of drug-likeness (QED) is 0.552. The molecule has 1 amide bonds. The summed E-state index contributed by atoms with van der Waals surface area (Å²) >= 11 is 2.95. The van der Waals surface area contributed by atoms with Gasteiger partial charge in [-0.1, -0.05) is 15.9 Å². The van der Waals surface area contributed by atoms with Gasteiger partial charge in [0.25, 0.3) is 0 Å². The highest BCUT2D eigenvalue weighted by Gasteiger charge is 2.14. The Hall–Kier alpha value is -0.130. The minimum absolute atomic E-state index is 0.177. The monoisotopic (exact) mass is 225 g/mol. The molecule has 0 unspecified atom stereocenters. The zero-order chi connectivity index (χ0) is 8.85. The van der Waals surface area contributed by atoms with E-state index in [1.165, 1.54) is 6.92 Å². The topological polar surface area (TPSA) is 69.6 Å². The number of carbonyl (C=O) groups excluding carboxylic acids is 1. The van der Waals surface area contributed by atoms with E-state index < -0.39 is 12.1 Å². The van der Waals surface area contributed by atoms with Crippen molar-refractivity contribution in [2.45, 2.75) is 19.1 Å². The van der Waals surface area contributed by atoms with Crippen molar-refractivity contribution in [1.29, 1.82) is 0 Å². The second-order valence-corrected chi connectivity index (χ2v) is 2.79. The number of aliphatic hydroxyl groups is 2. The lowest BCUT2D eigenvalue weighted by Gasteiger charge is -2.17. The van der Waals surface area contributed by atoms with Gasteiger partial charge in [0.15, 0.2) is 0 Å². The fraction of sp³-hybridized carbons (Fsp3) is 0.833. The van der Waals surface area contributed by atoms with E-state index in [4.69, 9.17) is 10.2 Å². The Balaban J connectivity index is 3.78. The van der Waals surface area contributed by atoms with Crippen LogP contribution in [-0.2, 0) is 4.79 Å². The molecule has 11 heavy (non-hydrogen) atoms. The van der Waals surface area contributed by atoms with Gasteiger partial charge < -0.3 is 15.5 Å². The van der Waals surface area contributed by atoms with Crippen LogP contribution in [0.1, 0.15) is 6.92 Å². The highest BCUT2D eigenvalue weighted by molar-refractivity contribution is 9.09. The van der Waals surface area contributed by atoms with Crippen molar-refractivity contribution in [2.75, 3.05) is 11.9 Å². The van der Waals surface area contributed by atoms with Crippen LogP contribution in [0.5, 0.6) is 0 Å². The number of aliphatic hydroxyl groups excluding tert-OH is 2. The maximum atomic E-state index is 10.7. The third-order valence-corrected chi connectivity index (χ3v) is 1.76. The number of amides is 1. The first kappa shape index (κ1) is 10.9. The number of hydrogen-bond acceptors (Lipinski definition) is 3. The molecule has 0 aromatic carbocycles. The number of alkyl halides is 1. The summed E-state index contributed by atoms with van der Waals surface area (Å²) < 4.78 is 0. The zero-order valence-corrected chi connectivity index (χ0v) is 7.84. The van der Waals surface area contributed by atoms with Crippen molar-refractivity contribution in [3.8, 4) is 0 Å². The molecular formula is C6H12BrNO3. The number of carbonyl (C=O) groups is 1. The smallest absolute Gasteiger partial charge is 0.231 e. The van der Waals surface area contributed by atoms with Crippen LogP contribution in [0, 0.1) is 0 Å². The molecule has 0 aliphatic carbocycles. The van der Waals surface area contributed by atoms with Gasteiger partial charge in [-0.2, -0.15) is 0 Å². The third kappa shape index (κ3) is 4.34. The van der Waals surface area contributed by atoms with Crippen LogP contribution >= 0.6 is 15.9 Å². The summed E-state index contributed by atoms with van der Waals surface area (Å²) in [6, 6.07) is -0.569. The average Bonchev–Trinajstić information content (AvgIpc) is 1.99. The molecule has 5 heteroatoms. The second-order valence-electron chi connectivity index (χ2n) is 2.23. The Labute approximate surface area is 73.7 Å². The minimum Gasteiger partial charge on any atom is -0.394 e. The first-order valence-corrected chi connectivity index (χ1v) is 4.38. The van der Waals surface area contributed by atoms with Gasteiger partial charge in [-0.05, 0) is 6.92 Å². The molecule has 0 aromatic heterocycles. The van der Waals surface area contributed by atoms with Gasteiger partial charge in [-0.3, -0.25) is 4.79 Å². The Morgan fingerprint density at radius 1 is 1.73 bits per heavy atom. The number of halogens is 1. The van der Waals surface area contributed by atoms with Crippen molar-refractivity contribution in [2.24, 2.45) is 0 Å². The number of nitrogens with one attached hydrogen (secondary N) is 1. The molecule has 0 radical (unpaired) electrons. The van der Waals surface area contributed by atoms with E-state index in [-0.39, 0.29) is 17.8 Å². The molecule has 0 heterocycles. The van der Waals surface area contributed by atoms with Gasteiger partial charge in [0.1, 0.15) is 0 Å². The van der Waals surface area contributed by atoms with Gasteiger partial charge in [0.2, 0.25) is 5.91 Å². The fourth-order valence-corrected chi connectivity index (χ4v) is 0.726. The molecule has 0 spiro atoms. The highest BCUT2D eigenvalue weighted by atomic mass is 79.9. The highest BCUT2D eigenvalue weighted by Crippen LogP contribution is 1.91. The van der Waals surface area contributed by atoms with Crippen molar-refractivity contribution in [1.82, 2.24) is 5.32 Å². The molecule has 66 valence electrons. The van der Waals surface area contributed by atoms with Gasteiger partial charge in [-0.15, -0.1) is 0 Å². The van der Waals surface area contributed by atoms with Gasteiger partial charge >= 0.3 is 0 Å². The molecule has 0 saturated heterocycles. The van der Waals surface area contributed by atoms with Crippen LogP contribution in [0.15, 0.2) is 0 Å². The van der Waals surface area contributed by atoms with Crippen LogP contribution < -0.4 is 5.32 Å². The summed E-state index contributed by atoms with van der Waals surface area (Å²) in [7, 11) is 0. The summed E-state index contributed by atoms with van der Waals surface area (Å²) in [6.07, 6.45) is -0.733. The third-order valence-electron chi connectivity index (χ3n) is 1.25. The Kier molecular flexibility index (Phi) is 5.45. The van der Waals surface area contributed by atoms with Crippen molar-refractivity contribution in [3.05, 3.63) is 0 Å². The number of hydrogen-bond donors (Lipinski definition) is 3. The average molecular weight is 226 g/mol. The van der Waals surface area contributed by atoms with E-state index >= 15 is 0 Å².